The van der Waals surface area contributed by atoms with Crippen LogP contribution in [0, 0.1) is 0 Å². The van der Waals surface area contributed by atoms with E-state index in [1.165, 1.54) is 5.56 Å². The number of imidazole rings is 1. The number of pyridine rings is 1. The topological polar surface area (TPSA) is 50.9 Å². The molecule has 63 heavy (non-hydrogen) atoms. The maximum absolute atomic E-state index is 12.6. The van der Waals surface area contributed by atoms with Gasteiger partial charge in [0.05, 0.1) is 28.0 Å². The molecule has 2 aromatic heterocycles. The summed E-state index contributed by atoms with van der Waals surface area (Å²) >= 11 is 0. The van der Waals surface area contributed by atoms with Gasteiger partial charge in [-0.05, 0) is 80.5 Å². The number of para-hydroxylation sites is 2. The van der Waals surface area contributed by atoms with Crippen molar-refractivity contribution in [3.8, 4) is 78.6 Å². The van der Waals surface area contributed by atoms with Gasteiger partial charge in [0, 0.05) is 39.6 Å². The van der Waals surface area contributed by atoms with Crippen molar-refractivity contribution in [2.45, 2.75) is 72.1 Å². The molecule has 0 saturated carbocycles. The van der Waals surface area contributed by atoms with Crippen LogP contribution in [0.25, 0.3) is 83.9 Å². The molecule has 7 aromatic carbocycles. The molecule has 312 valence electrons. The maximum Gasteiger partial charge on any atom is 0.149 e. The summed E-state index contributed by atoms with van der Waals surface area (Å²) in [7, 11) is 0. The number of hydrogen-bond donors (Lipinski definition) is 1. The lowest BCUT2D eigenvalue weighted by Gasteiger charge is -2.28. The zero-order valence-corrected chi connectivity index (χ0v) is 37.6. The Kier molecular flexibility index (Phi) is 10.7. The van der Waals surface area contributed by atoms with E-state index in [0.717, 1.165) is 83.6 Å². The zero-order valence-electron chi connectivity index (χ0n) is 37.6. The van der Waals surface area contributed by atoms with E-state index in [-0.39, 0.29) is 22.5 Å². The Balaban J connectivity index is 1.37. The van der Waals surface area contributed by atoms with Crippen molar-refractivity contribution in [3.63, 3.8) is 0 Å². The average molecular weight is 822 g/mol. The first-order chi connectivity index (χ1) is 30.3. The Morgan fingerprint density at radius 3 is 1.62 bits per heavy atom. The number of fused-ring (bicyclic) bond motifs is 1. The lowest BCUT2D eigenvalue weighted by Crippen LogP contribution is -2.17. The summed E-state index contributed by atoms with van der Waals surface area (Å²) in [6.07, 6.45) is 1.97. The van der Waals surface area contributed by atoms with E-state index in [0.29, 0.717) is 11.4 Å². The number of phenolic OH excluding ortho intramolecular Hbond substituents is 1. The molecule has 0 spiro atoms. The van der Waals surface area contributed by atoms with E-state index in [9.17, 15) is 5.11 Å². The van der Waals surface area contributed by atoms with Crippen LogP contribution in [-0.2, 0) is 10.8 Å². The van der Waals surface area contributed by atoms with Gasteiger partial charge in [-0.15, -0.1) is 0 Å². The highest BCUT2D eigenvalue weighted by Gasteiger charge is 2.30. The van der Waals surface area contributed by atoms with Gasteiger partial charge in [-0.25, -0.2) is 4.98 Å². The molecule has 0 radical (unpaired) electrons. The van der Waals surface area contributed by atoms with Crippen LogP contribution in [0.15, 0.2) is 176 Å². The minimum absolute atomic E-state index is 0.192. The van der Waals surface area contributed by atoms with Crippen LogP contribution in [0.5, 0.6) is 5.75 Å². The van der Waals surface area contributed by atoms with Gasteiger partial charge in [-0.1, -0.05) is 195 Å². The quantitative estimate of drug-likeness (QED) is 0.166. The van der Waals surface area contributed by atoms with Crippen LogP contribution in [-0.4, -0.2) is 19.6 Å². The molecule has 0 bridgehead atoms. The molecule has 1 N–H and O–H groups in total. The summed E-state index contributed by atoms with van der Waals surface area (Å²) in [5, 5.41) is 12.6. The molecule has 0 fully saturated rings. The molecule has 0 amide bonds. The van der Waals surface area contributed by atoms with Crippen LogP contribution < -0.4 is 0 Å². The maximum atomic E-state index is 12.6. The minimum atomic E-state index is -0.333. The van der Waals surface area contributed by atoms with E-state index in [2.05, 4.69) is 224 Å². The Labute approximate surface area is 372 Å². The molecule has 0 aliphatic heterocycles. The molecule has 9 aromatic rings. The van der Waals surface area contributed by atoms with Gasteiger partial charge in [0.15, 0.2) is 0 Å². The highest BCUT2D eigenvalue weighted by molar-refractivity contribution is 5.99. The number of hydrogen-bond acceptors (Lipinski definition) is 3. The number of rotatable bonds is 8. The molecule has 0 saturated heterocycles. The predicted octanol–water partition coefficient (Wildman–Crippen LogP) is 15.8. The smallest absolute Gasteiger partial charge is 0.149 e. The largest absolute Gasteiger partial charge is 0.507 e. The standard InChI is InChI=1S/C59H55N3O/c1-38(2)43-32-44(34-45(33-43)52-31-30-42(37-60-52)39-20-12-9-13-21-39)47-26-19-29-53-54(47)61-57(50-35-46(58(3,4)5)36-51(56(50)63)59(6,7)8)62(53)55-48(40-22-14-10-15-23-40)27-18-28-49(55)41-24-16-11-17-25-41/h9-38,63H,1-8H3. The van der Waals surface area contributed by atoms with Gasteiger partial charge < -0.3 is 5.11 Å². The summed E-state index contributed by atoms with van der Waals surface area (Å²) < 4.78 is 2.31. The fraction of sp³-hybridized carbons (Fsp3) is 0.186. The molecular weight excluding hydrogens is 767 g/mol. The molecule has 9 rings (SSSR count). The molecule has 4 nitrogen and oxygen atoms in total. The van der Waals surface area contributed by atoms with Crippen molar-refractivity contribution in [3.05, 3.63) is 193 Å². The van der Waals surface area contributed by atoms with E-state index in [4.69, 9.17) is 9.97 Å². The minimum Gasteiger partial charge on any atom is -0.507 e. The van der Waals surface area contributed by atoms with Gasteiger partial charge in [0.2, 0.25) is 0 Å². The first-order valence-electron chi connectivity index (χ1n) is 22.1. The van der Waals surface area contributed by atoms with Crippen molar-refractivity contribution < 1.29 is 5.11 Å². The molecule has 0 aliphatic carbocycles. The Bertz CT molecular complexity index is 3020. The summed E-state index contributed by atoms with van der Waals surface area (Å²) in [6.45, 7) is 17.7. The monoisotopic (exact) mass is 821 g/mol. The highest BCUT2D eigenvalue weighted by atomic mass is 16.3. The summed E-state index contributed by atoms with van der Waals surface area (Å²) in [4.78, 5) is 10.7. The second-order valence-electron chi connectivity index (χ2n) is 19.1. The van der Waals surface area contributed by atoms with Crippen LogP contribution in [0.3, 0.4) is 0 Å². The Hall–Kier alpha value is -7.04. The highest BCUT2D eigenvalue weighted by Crippen LogP contribution is 2.47. The first-order valence-corrected chi connectivity index (χ1v) is 22.1. The van der Waals surface area contributed by atoms with Crippen LogP contribution in [0.4, 0.5) is 0 Å². The van der Waals surface area contributed by atoms with Gasteiger partial charge in [-0.2, -0.15) is 0 Å². The predicted molar refractivity (Wildman–Crippen MR) is 265 cm³/mol. The third kappa shape index (κ3) is 7.98. The second-order valence-corrected chi connectivity index (χ2v) is 19.1. The molecule has 0 aliphatic rings. The van der Waals surface area contributed by atoms with Crippen molar-refractivity contribution in [2.75, 3.05) is 0 Å². The van der Waals surface area contributed by atoms with E-state index >= 15 is 0 Å². The fourth-order valence-corrected chi connectivity index (χ4v) is 8.69. The summed E-state index contributed by atoms with van der Waals surface area (Å²) in [5.74, 6) is 1.21. The second kappa shape index (κ2) is 16.3. The van der Waals surface area contributed by atoms with E-state index in [1.807, 2.05) is 12.3 Å². The van der Waals surface area contributed by atoms with Crippen LogP contribution >= 0.6 is 0 Å². The van der Waals surface area contributed by atoms with Crippen molar-refractivity contribution >= 4 is 11.0 Å². The summed E-state index contributed by atoms with van der Waals surface area (Å²) in [5.41, 5.74) is 16.8. The van der Waals surface area contributed by atoms with Gasteiger partial charge >= 0.3 is 0 Å². The molecule has 4 heteroatoms. The third-order valence-electron chi connectivity index (χ3n) is 12.2. The van der Waals surface area contributed by atoms with Crippen molar-refractivity contribution in [1.82, 2.24) is 14.5 Å². The zero-order chi connectivity index (χ0) is 44.0. The average Bonchev–Trinajstić information content (AvgIpc) is 3.68. The van der Waals surface area contributed by atoms with Crippen molar-refractivity contribution in [2.24, 2.45) is 0 Å². The Morgan fingerprint density at radius 1 is 0.492 bits per heavy atom. The van der Waals surface area contributed by atoms with Crippen molar-refractivity contribution in [1.29, 1.82) is 0 Å². The van der Waals surface area contributed by atoms with Gasteiger partial charge in [0.25, 0.3) is 0 Å². The van der Waals surface area contributed by atoms with Gasteiger partial charge in [0.1, 0.15) is 11.6 Å². The van der Waals surface area contributed by atoms with E-state index in [1.54, 1.807) is 0 Å². The lowest BCUT2D eigenvalue weighted by molar-refractivity contribution is 0.446. The summed E-state index contributed by atoms with van der Waals surface area (Å²) in [6, 6.07) is 60.1. The molecule has 2 heterocycles. The van der Waals surface area contributed by atoms with Gasteiger partial charge in [-0.3, -0.25) is 9.55 Å². The molecular formula is C59H55N3O. The van der Waals surface area contributed by atoms with Crippen LogP contribution in [0.1, 0.15) is 78.0 Å². The number of nitrogens with zero attached hydrogens (tertiary/aromatic N) is 3. The normalized spacial score (nSPS) is 12.0. The third-order valence-corrected chi connectivity index (χ3v) is 12.2. The first kappa shape index (κ1) is 41.3. The number of aromatic hydroxyl groups is 1. The Morgan fingerprint density at radius 2 is 1.06 bits per heavy atom. The fourth-order valence-electron chi connectivity index (χ4n) is 8.69. The number of phenols is 1. The van der Waals surface area contributed by atoms with Crippen LogP contribution in [0.2, 0.25) is 0 Å². The SMILES string of the molecule is CC(C)c1cc(-c2ccc(-c3ccccc3)cn2)cc(-c2cccc3c2nc(-c2cc(C(C)(C)C)cc(C(C)(C)C)c2O)n3-c2c(-c3ccccc3)cccc2-c2ccccc2)c1. The molecule has 0 atom stereocenters. The lowest BCUT2D eigenvalue weighted by atomic mass is 9.79. The number of benzene rings is 7. The molecule has 0 unspecified atom stereocenters. The number of aromatic nitrogens is 3. The van der Waals surface area contributed by atoms with E-state index < -0.39 is 0 Å².